The van der Waals surface area contributed by atoms with Crippen LogP contribution < -0.4 is 4.90 Å². The zero-order chi connectivity index (χ0) is 14.7. The number of hydrogen-bond acceptors (Lipinski definition) is 2. The van der Waals surface area contributed by atoms with Gasteiger partial charge in [0.25, 0.3) is 0 Å². The molecular weight excluding hydrogens is 318 g/mol. The first-order valence-electron chi connectivity index (χ1n) is 7.15. The maximum Gasteiger partial charge on any atom is 0.230 e. The van der Waals surface area contributed by atoms with Gasteiger partial charge in [-0.15, -0.1) is 0 Å². The van der Waals surface area contributed by atoms with Gasteiger partial charge < -0.3 is 4.90 Å². The molecule has 0 aliphatic carbocycles. The van der Waals surface area contributed by atoms with E-state index in [4.69, 9.17) is 0 Å². The molecule has 0 atom stereocenters. The van der Waals surface area contributed by atoms with Crippen molar-refractivity contribution in [3.05, 3.63) is 29.3 Å². The van der Waals surface area contributed by atoms with Crippen LogP contribution in [0, 0.1) is 5.92 Å². The predicted molar refractivity (Wildman–Crippen MR) is 84.7 cm³/mol. The standard InChI is InChI=1S/C16H20BrNO2/c1-3-11(4-2)16(20)18-8-7-12-9-13(15(19)10-17)5-6-14(12)18/h5-6,9,11H,3-4,7-8,10H2,1-2H3. The van der Waals surface area contributed by atoms with E-state index >= 15 is 0 Å². The minimum atomic E-state index is 0.0811. The monoisotopic (exact) mass is 337 g/mol. The molecule has 1 aromatic carbocycles. The highest BCUT2D eigenvalue weighted by Crippen LogP contribution is 2.31. The number of carbonyl (C=O) groups excluding carboxylic acids is 2. The minimum Gasteiger partial charge on any atom is -0.312 e. The van der Waals surface area contributed by atoms with E-state index in [1.807, 2.05) is 23.1 Å². The first kappa shape index (κ1) is 15.2. The van der Waals surface area contributed by atoms with Gasteiger partial charge in [-0.25, -0.2) is 0 Å². The fraction of sp³-hybridized carbons (Fsp3) is 0.500. The fourth-order valence-electron chi connectivity index (χ4n) is 2.74. The molecule has 0 unspecified atom stereocenters. The number of hydrogen-bond donors (Lipinski definition) is 0. The second-order valence-electron chi connectivity index (χ2n) is 5.15. The normalized spacial score (nSPS) is 13.7. The third-order valence-corrected chi connectivity index (χ3v) is 4.53. The zero-order valence-electron chi connectivity index (χ0n) is 12.0. The van der Waals surface area contributed by atoms with Gasteiger partial charge >= 0.3 is 0 Å². The molecule has 1 aromatic rings. The Balaban J connectivity index is 2.25. The molecule has 3 nitrogen and oxygen atoms in total. The second kappa shape index (κ2) is 6.53. The highest BCUT2D eigenvalue weighted by molar-refractivity contribution is 9.09. The van der Waals surface area contributed by atoms with Gasteiger partial charge in [0.05, 0.1) is 5.33 Å². The third-order valence-electron chi connectivity index (χ3n) is 4.02. The number of anilines is 1. The molecule has 0 saturated carbocycles. The number of rotatable bonds is 5. The van der Waals surface area contributed by atoms with Crippen LogP contribution in [0.2, 0.25) is 0 Å². The Labute approximate surface area is 128 Å². The Morgan fingerprint density at radius 1 is 1.30 bits per heavy atom. The number of benzene rings is 1. The molecule has 2 rings (SSSR count). The van der Waals surface area contributed by atoms with Crippen LogP contribution in [0.25, 0.3) is 0 Å². The lowest BCUT2D eigenvalue weighted by atomic mass is 10.0. The van der Waals surface area contributed by atoms with Crippen LogP contribution in [0.1, 0.15) is 42.6 Å². The summed E-state index contributed by atoms with van der Waals surface area (Å²) in [5.74, 6) is 0.399. The van der Waals surface area contributed by atoms with Gasteiger partial charge in [-0.1, -0.05) is 29.8 Å². The number of halogens is 1. The van der Waals surface area contributed by atoms with Crippen molar-refractivity contribution < 1.29 is 9.59 Å². The van der Waals surface area contributed by atoms with Crippen LogP contribution in [-0.4, -0.2) is 23.6 Å². The number of alkyl halides is 1. The van der Waals surface area contributed by atoms with E-state index in [9.17, 15) is 9.59 Å². The molecule has 0 saturated heterocycles. The average Bonchev–Trinajstić information content (AvgIpc) is 2.90. The Hall–Kier alpha value is -1.16. The van der Waals surface area contributed by atoms with Gasteiger partial charge in [0, 0.05) is 23.7 Å². The van der Waals surface area contributed by atoms with Crippen molar-refractivity contribution >= 4 is 33.3 Å². The molecule has 0 N–H and O–H groups in total. The maximum atomic E-state index is 12.5. The van der Waals surface area contributed by atoms with Gasteiger partial charge in [0.2, 0.25) is 5.91 Å². The van der Waals surface area contributed by atoms with Crippen LogP contribution >= 0.6 is 15.9 Å². The summed E-state index contributed by atoms with van der Waals surface area (Å²) in [4.78, 5) is 26.1. The second-order valence-corrected chi connectivity index (χ2v) is 5.71. The van der Waals surface area contributed by atoms with Crippen molar-refractivity contribution in [1.29, 1.82) is 0 Å². The molecular formula is C16H20BrNO2. The first-order chi connectivity index (χ1) is 9.62. The van der Waals surface area contributed by atoms with Crippen LogP contribution in [-0.2, 0) is 11.2 Å². The van der Waals surface area contributed by atoms with Crippen molar-refractivity contribution in [2.45, 2.75) is 33.1 Å². The lowest BCUT2D eigenvalue weighted by Gasteiger charge is -2.22. The van der Waals surface area contributed by atoms with E-state index in [0.29, 0.717) is 5.33 Å². The van der Waals surface area contributed by atoms with Gasteiger partial charge in [-0.3, -0.25) is 9.59 Å². The van der Waals surface area contributed by atoms with Gasteiger partial charge in [0.1, 0.15) is 0 Å². The third kappa shape index (κ3) is 2.80. The van der Waals surface area contributed by atoms with E-state index in [1.165, 1.54) is 0 Å². The summed E-state index contributed by atoms with van der Waals surface area (Å²) in [6.07, 6.45) is 2.59. The summed E-state index contributed by atoms with van der Waals surface area (Å²) < 4.78 is 0. The van der Waals surface area contributed by atoms with E-state index in [1.54, 1.807) is 0 Å². The van der Waals surface area contributed by atoms with E-state index in [-0.39, 0.29) is 17.6 Å². The van der Waals surface area contributed by atoms with Gasteiger partial charge in [-0.05, 0) is 43.0 Å². The van der Waals surface area contributed by atoms with Crippen LogP contribution in [0.15, 0.2) is 18.2 Å². The predicted octanol–water partition coefficient (Wildman–Crippen LogP) is 3.59. The molecule has 1 heterocycles. The number of ketones is 1. The van der Waals surface area contributed by atoms with E-state index < -0.39 is 0 Å². The fourth-order valence-corrected chi connectivity index (χ4v) is 3.06. The highest BCUT2D eigenvalue weighted by Gasteiger charge is 2.28. The molecule has 0 bridgehead atoms. The van der Waals surface area contributed by atoms with Crippen LogP contribution in [0.4, 0.5) is 5.69 Å². The Kier molecular flexibility index (Phi) is 4.97. The molecule has 108 valence electrons. The van der Waals surface area contributed by atoms with Crippen LogP contribution in [0.5, 0.6) is 0 Å². The molecule has 0 aromatic heterocycles. The topological polar surface area (TPSA) is 37.4 Å². The molecule has 0 spiro atoms. The molecule has 1 aliphatic rings. The van der Waals surface area contributed by atoms with Gasteiger partial charge in [-0.2, -0.15) is 0 Å². The Morgan fingerprint density at radius 3 is 2.60 bits per heavy atom. The summed E-state index contributed by atoms with van der Waals surface area (Å²) in [5.41, 5.74) is 2.81. The van der Waals surface area contributed by atoms with E-state index in [2.05, 4.69) is 29.8 Å². The number of fused-ring (bicyclic) bond motifs is 1. The summed E-state index contributed by atoms with van der Waals surface area (Å²) in [6, 6.07) is 5.67. The Morgan fingerprint density at radius 2 is 2.00 bits per heavy atom. The molecule has 20 heavy (non-hydrogen) atoms. The SMILES string of the molecule is CCC(CC)C(=O)N1CCc2cc(C(=O)CBr)ccc21. The smallest absolute Gasteiger partial charge is 0.230 e. The quantitative estimate of drug-likeness (QED) is 0.608. The zero-order valence-corrected chi connectivity index (χ0v) is 13.6. The first-order valence-corrected chi connectivity index (χ1v) is 8.27. The minimum absolute atomic E-state index is 0.0811. The summed E-state index contributed by atoms with van der Waals surface area (Å²) in [6.45, 7) is 4.85. The van der Waals surface area contributed by atoms with Gasteiger partial charge in [0.15, 0.2) is 5.78 Å². The van der Waals surface area contributed by atoms with E-state index in [0.717, 1.165) is 42.6 Å². The maximum absolute atomic E-state index is 12.5. The van der Waals surface area contributed by atoms with Crippen molar-refractivity contribution in [1.82, 2.24) is 0 Å². The number of Topliss-reactive ketones (excluding diaryl/α,β-unsaturated/α-hetero) is 1. The molecule has 0 radical (unpaired) electrons. The summed E-state index contributed by atoms with van der Waals surface area (Å²) >= 11 is 3.19. The van der Waals surface area contributed by atoms with Crippen molar-refractivity contribution in [2.24, 2.45) is 5.92 Å². The van der Waals surface area contributed by atoms with Crippen molar-refractivity contribution in [3.8, 4) is 0 Å². The molecule has 0 fully saturated rings. The summed E-state index contributed by atoms with van der Waals surface area (Å²) in [5, 5.41) is 0.335. The largest absolute Gasteiger partial charge is 0.312 e. The van der Waals surface area contributed by atoms with Crippen molar-refractivity contribution in [2.75, 3.05) is 16.8 Å². The number of nitrogens with zero attached hydrogens (tertiary/aromatic N) is 1. The summed E-state index contributed by atoms with van der Waals surface area (Å²) in [7, 11) is 0. The highest BCUT2D eigenvalue weighted by atomic mass is 79.9. The molecule has 1 aliphatic heterocycles. The Bertz CT molecular complexity index is 523. The lowest BCUT2D eigenvalue weighted by molar-refractivity contribution is -0.122. The molecule has 4 heteroatoms. The average molecular weight is 338 g/mol. The van der Waals surface area contributed by atoms with Crippen molar-refractivity contribution in [3.63, 3.8) is 0 Å². The number of amides is 1. The number of carbonyl (C=O) groups is 2. The van der Waals surface area contributed by atoms with Crippen LogP contribution in [0.3, 0.4) is 0 Å². The molecule has 1 amide bonds. The lowest BCUT2D eigenvalue weighted by Crippen LogP contribution is -2.34.